The molecule has 3 rings (SSSR count). The Morgan fingerprint density at radius 1 is 0.812 bits per heavy atom. The van der Waals surface area contributed by atoms with Crippen molar-refractivity contribution < 1.29 is 31.1 Å². The lowest BCUT2D eigenvalue weighted by atomic mass is 10.2. The van der Waals surface area contributed by atoms with E-state index in [0.717, 1.165) is 0 Å². The Balaban J connectivity index is 2.13. The average Bonchev–Trinajstić information content (AvgIpc) is 2.72. The van der Waals surface area contributed by atoms with Crippen molar-refractivity contribution in [2.45, 2.75) is 25.4 Å². The first-order valence-electron chi connectivity index (χ1n) is 9.30. The Labute approximate surface area is 178 Å². The van der Waals surface area contributed by atoms with Crippen LogP contribution in [0.15, 0.2) is 60.7 Å². The summed E-state index contributed by atoms with van der Waals surface area (Å²) in [5.74, 6) is -0.473. The zero-order valence-electron chi connectivity index (χ0n) is 16.5. The maximum absolute atomic E-state index is 13.0. The Hall–Kier alpha value is -3.57. The summed E-state index contributed by atoms with van der Waals surface area (Å²) < 4.78 is 82.2. The number of rotatable bonds is 7. The molecule has 32 heavy (non-hydrogen) atoms. The topological polar surface area (TPSA) is 63.2 Å². The summed E-state index contributed by atoms with van der Waals surface area (Å²) in [5.41, 5.74) is 1.03. The highest BCUT2D eigenvalue weighted by Gasteiger charge is 2.59. The van der Waals surface area contributed by atoms with E-state index in [0.29, 0.717) is 11.4 Å². The van der Waals surface area contributed by atoms with Crippen molar-refractivity contribution in [1.29, 1.82) is 0 Å². The van der Waals surface area contributed by atoms with Gasteiger partial charge in [0.2, 0.25) is 11.9 Å². The quantitative estimate of drug-likeness (QED) is 0.463. The van der Waals surface area contributed by atoms with Crippen molar-refractivity contribution in [2.75, 3.05) is 16.8 Å². The summed E-state index contributed by atoms with van der Waals surface area (Å²) in [6.07, 6.45) is -15.5. The van der Waals surface area contributed by atoms with Gasteiger partial charge in [-0.05, 0) is 31.2 Å². The molecule has 170 valence electrons. The fraction of sp³-hybridized carbons (Fsp3) is 0.250. The molecule has 0 saturated carbocycles. The van der Waals surface area contributed by atoms with Gasteiger partial charge in [0, 0.05) is 17.9 Å². The summed E-state index contributed by atoms with van der Waals surface area (Å²) in [6.45, 7) is 1.91. The number of alkyl halides is 6. The van der Waals surface area contributed by atoms with Gasteiger partial charge in [-0.25, -0.2) is 0 Å². The summed E-state index contributed by atoms with van der Waals surface area (Å²) in [6, 6.07) is 15.9. The lowest BCUT2D eigenvalue weighted by Crippen LogP contribution is -2.47. The van der Waals surface area contributed by atoms with Gasteiger partial charge in [0.05, 0.1) is 0 Å². The van der Waals surface area contributed by atoms with Crippen LogP contribution >= 0.6 is 0 Å². The number of halogens is 6. The molecule has 3 aromatic rings. The second-order valence-corrected chi connectivity index (χ2v) is 6.36. The molecular formula is C20H17F6N5O. The monoisotopic (exact) mass is 457 g/mol. The number of aromatic nitrogens is 3. The molecular weight excluding hydrogens is 440 g/mol. The van der Waals surface area contributed by atoms with Crippen molar-refractivity contribution in [3.63, 3.8) is 0 Å². The Kier molecular flexibility index (Phi) is 6.70. The molecule has 0 unspecified atom stereocenters. The predicted octanol–water partition coefficient (Wildman–Crippen LogP) is 5.65. The van der Waals surface area contributed by atoms with E-state index >= 15 is 0 Å². The van der Waals surface area contributed by atoms with Crippen LogP contribution in [0.4, 0.5) is 49.6 Å². The van der Waals surface area contributed by atoms with Crippen molar-refractivity contribution in [3.8, 4) is 6.01 Å². The van der Waals surface area contributed by atoms with Gasteiger partial charge in [0.25, 0.3) is 6.10 Å². The molecule has 0 fully saturated rings. The third-order valence-electron chi connectivity index (χ3n) is 3.98. The SMILES string of the molecule is CCNc1nc(OC(C(F)(F)F)C(F)(F)F)nc(N(c2ccccc2)c2ccccc2)n1. The number of ether oxygens (including phenoxy) is 1. The second kappa shape index (κ2) is 9.28. The summed E-state index contributed by atoms with van der Waals surface area (Å²) >= 11 is 0. The number of anilines is 4. The lowest BCUT2D eigenvalue weighted by molar-refractivity contribution is -0.301. The van der Waals surface area contributed by atoms with E-state index < -0.39 is 24.5 Å². The van der Waals surface area contributed by atoms with Gasteiger partial charge in [-0.2, -0.15) is 41.3 Å². The van der Waals surface area contributed by atoms with Crippen LogP contribution in [0.3, 0.4) is 0 Å². The molecule has 0 aliphatic rings. The van der Waals surface area contributed by atoms with Gasteiger partial charge >= 0.3 is 18.4 Å². The zero-order valence-corrected chi connectivity index (χ0v) is 16.5. The maximum atomic E-state index is 13.0. The zero-order chi connectivity index (χ0) is 23.4. The molecule has 6 nitrogen and oxygen atoms in total. The molecule has 1 aromatic heterocycles. The molecule has 0 aliphatic heterocycles. The molecule has 0 spiro atoms. The third kappa shape index (κ3) is 5.56. The minimum Gasteiger partial charge on any atom is -0.440 e. The van der Waals surface area contributed by atoms with Crippen molar-refractivity contribution in [2.24, 2.45) is 0 Å². The number of nitrogens with one attached hydrogen (secondary N) is 1. The molecule has 1 heterocycles. The van der Waals surface area contributed by atoms with Crippen molar-refractivity contribution in [3.05, 3.63) is 60.7 Å². The van der Waals surface area contributed by atoms with Gasteiger partial charge in [-0.3, -0.25) is 4.90 Å². The predicted molar refractivity (Wildman–Crippen MR) is 105 cm³/mol. The van der Waals surface area contributed by atoms with Crippen LogP contribution in [0.2, 0.25) is 0 Å². The Bertz CT molecular complexity index is 961. The second-order valence-electron chi connectivity index (χ2n) is 6.36. The highest BCUT2D eigenvalue weighted by molar-refractivity contribution is 5.72. The average molecular weight is 457 g/mol. The fourth-order valence-corrected chi connectivity index (χ4v) is 2.69. The summed E-state index contributed by atoms with van der Waals surface area (Å²) in [7, 11) is 0. The fourth-order valence-electron chi connectivity index (χ4n) is 2.69. The van der Waals surface area contributed by atoms with Crippen molar-refractivity contribution in [1.82, 2.24) is 15.0 Å². The molecule has 1 N–H and O–H groups in total. The van der Waals surface area contributed by atoms with Crippen LogP contribution in [0.25, 0.3) is 0 Å². The molecule has 12 heteroatoms. The van der Waals surface area contributed by atoms with Gasteiger partial charge in [0.15, 0.2) is 0 Å². The van der Waals surface area contributed by atoms with E-state index in [1.54, 1.807) is 67.6 Å². The molecule has 0 saturated heterocycles. The van der Waals surface area contributed by atoms with E-state index in [1.165, 1.54) is 4.90 Å². The standard InChI is InChI=1S/C20H17F6N5O/c1-2-27-16-28-17(30-18(29-16)32-15(19(21,22)23)20(24,25)26)31(13-9-5-3-6-10-13)14-11-7-4-8-12-14/h3-12,15H,2H2,1H3,(H,27,28,29,30). The minimum absolute atomic E-state index is 0.230. The van der Waals surface area contributed by atoms with Gasteiger partial charge in [-0.1, -0.05) is 36.4 Å². The van der Waals surface area contributed by atoms with Crippen molar-refractivity contribution >= 4 is 23.3 Å². The van der Waals surface area contributed by atoms with Crippen LogP contribution in [0.5, 0.6) is 6.01 Å². The van der Waals surface area contributed by atoms with Gasteiger partial charge < -0.3 is 10.1 Å². The summed E-state index contributed by atoms with van der Waals surface area (Å²) in [5, 5.41) is 2.67. The summed E-state index contributed by atoms with van der Waals surface area (Å²) in [4.78, 5) is 13.0. The number of benzene rings is 2. The van der Waals surface area contributed by atoms with E-state index in [9.17, 15) is 26.3 Å². The maximum Gasteiger partial charge on any atom is 0.434 e. The first kappa shape index (κ1) is 23.1. The third-order valence-corrected chi connectivity index (χ3v) is 3.98. The Morgan fingerprint density at radius 2 is 1.31 bits per heavy atom. The first-order valence-corrected chi connectivity index (χ1v) is 9.30. The molecule has 0 amide bonds. The number of hydrogen-bond donors (Lipinski definition) is 1. The van der Waals surface area contributed by atoms with Gasteiger partial charge in [-0.15, -0.1) is 0 Å². The largest absolute Gasteiger partial charge is 0.440 e. The number of hydrogen-bond acceptors (Lipinski definition) is 6. The van der Waals surface area contributed by atoms with Crippen LogP contribution in [-0.2, 0) is 0 Å². The van der Waals surface area contributed by atoms with E-state index in [1.807, 2.05) is 0 Å². The smallest absolute Gasteiger partial charge is 0.434 e. The van der Waals surface area contributed by atoms with Crippen LogP contribution < -0.4 is 15.0 Å². The van der Waals surface area contributed by atoms with E-state index in [4.69, 9.17) is 0 Å². The Morgan fingerprint density at radius 3 is 1.75 bits per heavy atom. The molecule has 2 aromatic carbocycles. The first-order chi connectivity index (χ1) is 15.1. The van der Waals surface area contributed by atoms with Gasteiger partial charge in [0.1, 0.15) is 0 Å². The van der Waals surface area contributed by atoms with Crippen LogP contribution in [0, 0.1) is 0 Å². The number of para-hydroxylation sites is 2. The van der Waals surface area contributed by atoms with Crippen LogP contribution in [-0.4, -0.2) is 40.0 Å². The van der Waals surface area contributed by atoms with E-state index in [2.05, 4.69) is 25.0 Å². The number of nitrogens with zero attached hydrogens (tertiary/aromatic N) is 4. The molecule has 0 atom stereocenters. The lowest BCUT2D eigenvalue weighted by Gasteiger charge is -2.25. The molecule has 0 bridgehead atoms. The van der Waals surface area contributed by atoms with E-state index in [-0.39, 0.29) is 18.4 Å². The molecule has 0 aliphatic carbocycles. The highest BCUT2D eigenvalue weighted by Crippen LogP contribution is 2.37. The normalized spacial score (nSPS) is 12.0. The highest BCUT2D eigenvalue weighted by atomic mass is 19.4. The molecule has 0 radical (unpaired) electrons. The minimum atomic E-state index is -5.72. The van der Waals surface area contributed by atoms with Crippen LogP contribution in [0.1, 0.15) is 6.92 Å².